The zero-order valence-electron chi connectivity index (χ0n) is 22.9. The van der Waals surface area contributed by atoms with E-state index < -0.39 is 8.56 Å². The molecular weight excluding hydrogens is 496 g/mol. The first-order valence-corrected chi connectivity index (χ1v) is 15.4. The van der Waals surface area contributed by atoms with Gasteiger partial charge in [0.15, 0.2) is 0 Å². The van der Waals surface area contributed by atoms with Crippen molar-refractivity contribution >= 4 is 47.9 Å². The van der Waals surface area contributed by atoms with Crippen LogP contribution in [0.25, 0.3) is 0 Å². The van der Waals surface area contributed by atoms with Crippen molar-refractivity contribution < 1.29 is 8.85 Å². The third-order valence-electron chi connectivity index (χ3n) is 7.12. The van der Waals surface area contributed by atoms with Crippen molar-refractivity contribution in [2.24, 2.45) is 0 Å². The first-order chi connectivity index (χ1) is 19.0. The molecule has 0 saturated carbocycles. The maximum atomic E-state index is 5.76. The van der Waals surface area contributed by atoms with Gasteiger partial charge in [-0.2, -0.15) is 0 Å². The summed E-state index contributed by atoms with van der Waals surface area (Å²) in [7, 11) is 1.03. The highest BCUT2D eigenvalue weighted by molar-refractivity contribution is 6.79. The Hall–Kier alpha value is -4.16. The van der Waals surface area contributed by atoms with Gasteiger partial charge in [-0.25, -0.2) is 0 Å². The van der Waals surface area contributed by atoms with Crippen LogP contribution in [-0.4, -0.2) is 22.8 Å². The van der Waals surface area contributed by atoms with Gasteiger partial charge >= 0.3 is 8.56 Å². The number of rotatable bonds is 9. The molecule has 0 aromatic heterocycles. The second-order valence-electron chi connectivity index (χ2n) is 9.59. The van der Waals surface area contributed by atoms with Gasteiger partial charge in [0.25, 0.3) is 0 Å². The van der Waals surface area contributed by atoms with Crippen molar-refractivity contribution in [2.75, 3.05) is 24.0 Å². The van der Waals surface area contributed by atoms with E-state index >= 15 is 0 Å². The molecule has 5 aromatic carbocycles. The number of benzene rings is 5. The SMILES string of the molecule is CO[Si](C)(OC)c1ccc(N(c2ccc(C)cc2)c2ccc(N(c3ccccc3)c3ccccc3)cc2)cc1. The van der Waals surface area contributed by atoms with Crippen molar-refractivity contribution in [1.82, 2.24) is 0 Å². The first-order valence-electron chi connectivity index (χ1n) is 13.1. The molecule has 0 fully saturated rings. The van der Waals surface area contributed by atoms with Gasteiger partial charge in [0.2, 0.25) is 0 Å². The summed E-state index contributed by atoms with van der Waals surface area (Å²) in [4.78, 5) is 4.55. The number of aryl methyl sites for hydroxylation is 1. The molecule has 0 atom stereocenters. The second kappa shape index (κ2) is 11.7. The summed E-state index contributed by atoms with van der Waals surface area (Å²) >= 11 is 0. The third kappa shape index (κ3) is 5.66. The molecule has 0 saturated heterocycles. The molecular formula is C34H34N2O2Si. The molecule has 39 heavy (non-hydrogen) atoms. The molecule has 0 amide bonds. The van der Waals surface area contributed by atoms with Crippen molar-refractivity contribution in [3.05, 3.63) is 139 Å². The Morgan fingerprint density at radius 3 is 1.10 bits per heavy atom. The molecule has 5 heteroatoms. The van der Waals surface area contributed by atoms with Crippen LogP contribution in [0.2, 0.25) is 6.55 Å². The Morgan fingerprint density at radius 2 is 0.744 bits per heavy atom. The van der Waals surface area contributed by atoms with Crippen molar-refractivity contribution in [2.45, 2.75) is 13.5 Å². The van der Waals surface area contributed by atoms with E-state index in [0.717, 1.165) is 39.3 Å². The van der Waals surface area contributed by atoms with E-state index in [1.54, 1.807) is 14.2 Å². The van der Waals surface area contributed by atoms with Crippen LogP contribution in [0.15, 0.2) is 133 Å². The number of para-hydroxylation sites is 2. The number of anilines is 6. The maximum absolute atomic E-state index is 5.76. The average molecular weight is 531 g/mol. The lowest BCUT2D eigenvalue weighted by Gasteiger charge is -2.29. The van der Waals surface area contributed by atoms with Crippen LogP contribution >= 0.6 is 0 Å². The maximum Gasteiger partial charge on any atom is 0.368 e. The summed E-state index contributed by atoms with van der Waals surface area (Å²) in [6.07, 6.45) is 0. The quantitative estimate of drug-likeness (QED) is 0.178. The molecule has 4 nitrogen and oxygen atoms in total. The molecule has 196 valence electrons. The molecule has 0 N–H and O–H groups in total. The zero-order chi connectivity index (χ0) is 27.2. The van der Waals surface area contributed by atoms with Gasteiger partial charge in [-0.3, -0.25) is 0 Å². The van der Waals surface area contributed by atoms with Crippen molar-refractivity contribution in [3.8, 4) is 0 Å². The van der Waals surface area contributed by atoms with Crippen LogP contribution in [0.4, 0.5) is 34.1 Å². The summed E-state index contributed by atoms with van der Waals surface area (Å²) < 4.78 is 11.5. The Kier molecular flexibility index (Phi) is 7.93. The van der Waals surface area contributed by atoms with Gasteiger partial charge in [0, 0.05) is 48.3 Å². The van der Waals surface area contributed by atoms with Gasteiger partial charge in [0.05, 0.1) is 0 Å². The number of hydrogen-bond donors (Lipinski definition) is 0. The Labute approximate surface area is 232 Å². The summed E-state index contributed by atoms with van der Waals surface area (Å²) in [5.41, 5.74) is 7.81. The molecule has 5 aromatic rings. The fourth-order valence-corrected chi connectivity index (χ4v) is 6.14. The minimum Gasteiger partial charge on any atom is -0.394 e. The van der Waals surface area contributed by atoms with Crippen LogP contribution in [0.5, 0.6) is 0 Å². The van der Waals surface area contributed by atoms with Crippen molar-refractivity contribution in [1.29, 1.82) is 0 Å². The van der Waals surface area contributed by atoms with Gasteiger partial charge in [-0.1, -0.05) is 66.2 Å². The van der Waals surface area contributed by atoms with Crippen LogP contribution in [0.1, 0.15) is 5.56 Å². The Morgan fingerprint density at radius 1 is 0.436 bits per heavy atom. The highest BCUT2D eigenvalue weighted by atomic mass is 28.4. The van der Waals surface area contributed by atoms with Crippen LogP contribution in [-0.2, 0) is 8.85 Å². The van der Waals surface area contributed by atoms with E-state index in [1.807, 2.05) is 12.1 Å². The zero-order valence-corrected chi connectivity index (χ0v) is 23.9. The second-order valence-corrected chi connectivity index (χ2v) is 12.9. The Balaban J connectivity index is 1.55. The fourth-order valence-electron chi connectivity index (χ4n) is 4.73. The molecule has 0 heterocycles. The normalized spacial score (nSPS) is 11.3. The largest absolute Gasteiger partial charge is 0.394 e. The molecule has 0 unspecified atom stereocenters. The van der Waals surface area contributed by atoms with Gasteiger partial charge < -0.3 is 18.7 Å². The molecule has 0 bridgehead atoms. The van der Waals surface area contributed by atoms with E-state index in [0.29, 0.717) is 0 Å². The lowest BCUT2D eigenvalue weighted by molar-refractivity contribution is 0.265. The van der Waals surface area contributed by atoms with Gasteiger partial charge in [-0.15, -0.1) is 0 Å². The van der Waals surface area contributed by atoms with E-state index in [-0.39, 0.29) is 0 Å². The molecule has 0 aliphatic carbocycles. The standard InChI is InChI=1S/C34H34N2O2Si/c1-27-15-17-30(18-16-27)36(33-23-25-34(26-24-33)39(4,37-2)38-3)32-21-19-31(20-22-32)35(28-11-7-5-8-12-28)29-13-9-6-10-14-29/h5-26H,1-4H3. The lowest BCUT2D eigenvalue weighted by atomic mass is 10.1. The van der Waals surface area contributed by atoms with E-state index in [4.69, 9.17) is 8.85 Å². The summed E-state index contributed by atoms with van der Waals surface area (Å²) in [5, 5.41) is 1.09. The topological polar surface area (TPSA) is 24.9 Å². The smallest absolute Gasteiger partial charge is 0.368 e. The summed E-state index contributed by atoms with van der Waals surface area (Å²) in [6.45, 7) is 4.17. The third-order valence-corrected chi connectivity index (χ3v) is 10.1. The minimum absolute atomic E-state index is 1.07. The molecule has 5 rings (SSSR count). The number of hydrogen-bond acceptors (Lipinski definition) is 4. The monoisotopic (exact) mass is 530 g/mol. The first kappa shape index (κ1) is 26.4. The molecule has 0 aliphatic rings. The predicted octanol–water partition coefficient (Wildman–Crippen LogP) is 8.51. The minimum atomic E-state index is -2.41. The highest BCUT2D eigenvalue weighted by Crippen LogP contribution is 2.38. The lowest BCUT2D eigenvalue weighted by Crippen LogP contribution is -2.49. The highest BCUT2D eigenvalue weighted by Gasteiger charge is 2.31. The molecule has 0 radical (unpaired) electrons. The van der Waals surface area contributed by atoms with Gasteiger partial charge in [0.1, 0.15) is 0 Å². The van der Waals surface area contributed by atoms with E-state index in [1.165, 1.54) is 5.56 Å². The Bertz CT molecular complexity index is 1430. The van der Waals surface area contributed by atoms with Crippen LogP contribution in [0, 0.1) is 6.92 Å². The molecule has 0 spiro atoms. The van der Waals surface area contributed by atoms with Crippen molar-refractivity contribution in [3.63, 3.8) is 0 Å². The van der Waals surface area contributed by atoms with Crippen LogP contribution < -0.4 is 15.0 Å². The summed E-state index contributed by atoms with van der Waals surface area (Å²) in [5.74, 6) is 0. The molecule has 0 aliphatic heterocycles. The predicted molar refractivity (Wildman–Crippen MR) is 166 cm³/mol. The fraction of sp³-hybridized carbons (Fsp3) is 0.118. The number of nitrogens with zero attached hydrogens (tertiary/aromatic N) is 2. The van der Waals surface area contributed by atoms with Crippen LogP contribution in [0.3, 0.4) is 0 Å². The van der Waals surface area contributed by atoms with Gasteiger partial charge in [-0.05, 0) is 91.5 Å². The average Bonchev–Trinajstić information content (AvgIpc) is 3.00. The summed E-state index contributed by atoms with van der Waals surface area (Å²) in [6, 6.07) is 46.8. The van der Waals surface area contributed by atoms with E-state index in [2.05, 4.69) is 145 Å². The van der Waals surface area contributed by atoms with E-state index in [9.17, 15) is 0 Å².